The van der Waals surface area contributed by atoms with Crippen molar-refractivity contribution in [3.63, 3.8) is 0 Å². The van der Waals surface area contributed by atoms with Gasteiger partial charge in [-0.1, -0.05) is 65.0 Å². The highest BCUT2D eigenvalue weighted by Gasteiger charge is 2.13. The van der Waals surface area contributed by atoms with Crippen LogP contribution in [0.15, 0.2) is 59.9 Å². The third-order valence-electron chi connectivity index (χ3n) is 4.14. The molecule has 0 aliphatic rings. The fourth-order valence-electron chi connectivity index (χ4n) is 2.66. The van der Waals surface area contributed by atoms with E-state index in [1.165, 1.54) is 11.1 Å². The molecule has 0 fully saturated rings. The lowest BCUT2D eigenvalue weighted by Crippen LogP contribution is -2.03. The van der Waals surface area contributed by atoms with Crippen LogP contribution >= 0.6 is 23.4 Å². The zero-order valence-corrected chi connectivity index (χ0v) is 15.7. The lowest BCUT2D eigenvalue weighted by atomic mass is 10.1. The zero-order valence-electron chi connectivity index (χ0n) is 14.1. The van der Waals surface area contributed by atoms with E-state index in [9.17, 15) is 0 Å². The van der Waals surface area contributed by atoms with Gasteiger partial charge in [0, 0.05) is 10.8 Å². The fraction of sp³-hybridized carbons (Fsp3) is 0.158. The first-order chi connectivity index (χ1) is 12.7. The highest BCUT2D eigenvalue weighted by Crippen LogP contribution is 2.27. The van der Waals surface area contributed by atoms with Gasteiger partial charge in [-0.2, -0.15) is 0 Å². The van der Waals surface area contributed by atoms with Crippen molar-refractivity contribution in [3.8, 4) is 0 Å². The summed E-state index contributed by atoms with van der Waals surface area (Å²) in [5, 5.41) is 10.1. The monoisotopic (exact) mass is 381 g/mol. The molecule has 130 valence electrons. The molecule has 0 amide bonds. The second kappa shape index (κ2) is 7.43. The van der Waals surface area contributed by atoms with E-state index < -0.39 is 0 Å². The van der Waals surface area contributed by atoms with E-state index in [1.54, 1.807) is 22.8 Å². The average Bonchev–Trinajstić information content (AvgIpc) is 3.06. The third kappa shape index (κ3) is 3.57. The van der Waals surface area contributed by atoms with E-state index in [2.05, 4.69) is 51.5 Å². The molecule has 0 aliphatic heterocycles. The van der Waals surface area contributed by atoms with Crippen LogP contribution in [0, 0.1) is 6.92 Å². The third-order valence-corrected chi connectivity index (χ3v) is 5.42. The number of aryl methyl sites for hydroxylation is 1. The first kappa shape index (κ1) is 17.0. The molecule has 0 aliphatic carbocycles. The predicted octanol–water partition coefficient (Wildman–Crippen LogP) is 4.52. The van der Waals surface area contributed by atoms with Gasteiger partial charge in [-0.3, -0.25) is 0 Å². The van der Waals surface area contributed by atoms with Crippen LogP contribution in [-0.2, 0) is 12.3 Å². The summed E-state index contributed by atoms with van der Waals surface area (Å²) < 4.78 is 1.79. The molecule has 0 spiro atoms. The number of rotatable bonds is 5. The molecule has 5 nitrogen and oxygen atoms in total. The number of fused-ring (bicyclic) bond motifs is 1. The molecule has 0 saturated heterocycles. The van der Waals surface area contributed by atoms with Crippen LogP contribution in [0.25, 0.3) is 11.2 Å². The lowest BCUT2D eigenvalue weighted by Gasteiger charge is -2.05. The van der Waals surface area contributed by atoms with Crippen LogP contribution in [0.4, 0.5) is 0 Å². The van der Waals surface area contributed by atoms with Gasteiger partial charge in [0.2, 0.25) is 0 Å². The quantitative estimate of drug-likeness (QED) is 0.375. The van der Waals surface area contributed by atoms with E-state index in [1.807, 2.05) is 24.3 Å². The minimum Gasteiger partial charge on any atom is -0.227 e. The summed E-state index contributed by atoms with van der Waals surface area (Å²) in [6, 6.07) is 16.1. The molecule has 26 heavy (non-hydrogen) atoms. The number of halogens is 1. The van der Waals surface area contributed by atoms with Gasteiger partial charge < -0.3 is 0 Å². The highest BCUT2D eigenvalue weighted by atomic mass is 35.5. The Morgan fingerprint density at radius 1 is 1.04 bits per heavy atom. The van der Waals surface area contributed by atoms with Gasteiger partial charge in [0.1, 0.15) is 11.4 Å². The van der Waals surface area contributed by atoms with Gasteiger partial charge in [-0.15, -0.1) is 5.10 Å². The maximum Gasteiger partial charge on any atom is 0.183 e. The van der Waals surface area contributed by atoms with Gasteiger partial charge in [-0.05, 0) is 35.7 Å². The minimum atomic E-state index is 0.590. The van der Waals surface area contributed by atoms with Crippen LogP contribution in [0.5, 0.6) is 0 Å². The normalized spacial score (nSPS) is 11.2. The van der Waals surface area contributed by atoms with Crippen molar-refractivity contribution in [3.05, 3.63) is 76.6 Å². The van der Waals surface area contributed by atoms with E-state index in [0.717, 1.165) is 32.5 Å². The largest absolute Gasteiger partial charge is 0.227 e. The summed E-state index contributed by atoms with van der Waals surface area (Å²) in [5.41, 5.74) is 5.13. The first-order valence-corrected chi connectivity index (χ1v) is 9.53. The zero-order chi connectivity index (χ0) is 17.9. The van der Waals surface area contributed by atoms with Crippen molar-refractivity contribution in [2.24, 2.45) is 0 Å². The molecule has 0 N–H and O–H groups in total. The van der Waals surface area contributed by atoms with Crippen LogP contribution in [-0.4, -0.2) is 25.0 Å². The van der Waals surface area contributed by atoms with Crippen molar-refractivity contribution < 1.29 is 0 Å². The molecule has 2 aromatic carbocycles. The number of hydrogen-bond donors (Lipinski definition) is 0. The lowest BCUT2D eigenvalue weighted by molar-refractivity contribution is 0.664. The SMILES string of the molecule is Cc1ccccc1CSc1ncnc2c1nnn2Cc1ccc(Cl)cc1. The van der Waals surface area contributed by atoms with Gasteiger partial charge in [0.05, 0.1) is 6.54 Å². The summed E-state index contributed by atoms with van der Waals surface area (Å²) in [5.74, 6) is 0.836. The minimum absolute atomic E-state index is 0.590. The molecule has 2 aromatic heterocycles. The Morgan fingerprint density at radius 3 is 2.65 bits per heavy atom. The summed E-state index contributed by atoms with van der Waals surface area (Å²) in [6.45, 7) is 2.71. The topological polar surface area (TPSA) is 56.5 Å². The molecule has 4 rings (SSSR count). The molecule has 0 saturated carbocycles. The van der Waals surface area contributed by atoms with E-state index in [4.69, 9.17) is 11.6 Å². The Balaban J connectivity index is 1.58. The van der Waals surface area contributed by atoms with Gasteiger partial charge in [0.25, 0.3) is 0 Å². The fourth-order valence-corrected chi connectivity index (χ4v) is 3.80. The van der Waals surface area contributed by atoms with Crippen molar-refractivity contribution in [2.45, 2.75) is 24.2 Å². The van der Waals surface area contributed by atoms with Crippen molar-refractivity contribution in [1.82, 2.24) is 25.0 Å². The van der Waals surface area contributed by atoms with Crippen LogP contribution in [0.2, 0.25) is 5.02 Å². The Kier molecular flexibility index (Phi) is 4.86. The number of nitrogens with zero attached hydrogens (tertiary/aromatic N) is 5. The Bertz CT molecular complexity index is 1050. The second-order valence-corrected chi connectivity index (χ2v) is 7.34. The Hall–Kier alpha value is -2.44. The van der Waals surface area contributed by atoms with Crippen LogP contribution in [0.3, 0.4) is 0 Å². The maximum atomic E-state index is 5.95. The van der Waals surface area contributed by atoms with Crippen molar-refractivity contribution in [2.75, 3.05) is 0 Å². The van der Waals surface area contributed by atoms with Crippen LogP contribution in [0.1, 0.15) is 16.7 Å². The molecule has 0 radical (unpaired) electrons. The molecule has 4 aromatic rings. The average molecular weight is 382 g/mol. The standard InChI is InChI=1S/C19H16ClN5S/c1-13-4-2-3-5-15(13)11-26-19-17-18(21-12-22-19)25(24-23-17)10-14-6-8-16(20)9-7-14/h2-9,12H,10-11H2,1H3. The number of aromatic nitrogens is 5. The molecule has 2 heterocycles. The van der Waals surface area contributed by atoms with Gasteiger partial charge in [0.15, 0.2) is 11.2 Å². The van der Waals surface area contributed by atoms with Crippen LogP contribution < -0.4 is 0 Å². The summed E-state index contributed by atoms with van der Waals surface area (Å²) in [7, 11) is 0. The molecule has 7 heteroatoms. The Labute approximate surface area is 160 Å². The molecule has 0 atom stereocenters. The van der Waals surface area contributed by atoms with E-state index in [-0.39, 0.29) is 0 Å². The first-order valence-electron chi connectivity index (χ1n) is 8.16. The molecular formula is C19H16ClN5S. The summed E-state index contributed by atoms with van der Waals surface area (Å²) in [6.07, 6.45) is 1.57. The number of benzene rings is 2. The molecule has 0 unspecified atom stereocenters. The van der Waals surface area contributed by atoms with Crippen molar-refractivity contribution in [1.29, 1.82) is 0 Å². The van der Waals surface area contributed by atoms with Gasteiger partial charge in [-0.25, -0.2) is 14.6 Å². The van der Waals surface area contributed by atoms with E-state index in [0.29, 0.717) is 6.54 Å². The molecule has 0 bridgehead atoms. The smallest absolute Gasteiger partial charge is 0.183 e. The summed E-state index contributed by atoms with van der Waals surface area (Å²) >= 11 is 7.60. The Morgan fingerprint density at radius 2 is 1.85 bits per heavy atom. The van der Waals surface area contributed by atoms with Crippen molar-refractivity contribution >= 4 is 34.5 Å². The highest BCUT2D eigenvalue weighted by molar-refractivity contribution is 7.98. The predicted molar refractivity (Wildman–Crippen MR) is 104 cm³/mol. The maximum absolute atomic E-state index is 5.95. The van der Waals surface area contributed by atoms with E-state index >= 15 is 0 Å². The molecular weight excluding hydrogens is 366 g/mol. The second-order valence-electron chi connectivity index (χ2n) is 5.94. The van der Waals surface area contributed by atoms with Gasteiger partial charge >= 0.3 is 0 Å². The summed E-state index contributed by atoms with van der Waals surface area (Å²) in [4.78, 5) is 8.78. The number of thioether (sulfide) groups is 1. The number of hydrogen-bond acceptors (Lipinski definition) is 5.